The second-order valence-corrected chi connectivity index (χ2v) is 4.56. The monoisotopic (exact) mass is 259 g/mol. The molecule has 7 heteroatoms. The van der Waals surface area contributed by atoms with Gasteiger partial charge in [0.25, 0.3) is 0 Å². The number of anilines is 1. The lowest BCUT2D eigenvalue weighted by molar-refractivity contribution is -0.138. The minimum absolute atomic E-state index is 0.0338. The molecule has 0 aliphatic carbocycles. The number of rotatable bonds is 2. The van der Waals surface area contributed by atoms with Crippen LogP contribution in [0.2, 0.25) is 0 Å². The number of carbonyl (C=O) groups is 3. The van der Waals surface area contributed by atoms with Crippen molar-refractivity contribution in [3.63, 3.8) is 0 Å². The van der Waals surface area contributed by atoms with Gasteiger partial charge in [-0.25, -0.2) is 0 Å². The molecule has 96 valence electrons. The molecule has 2 aliphatic heterocycles. The number of hydrogen-bond donors (Lipinski definition) is 1. The highest BCUT2D eigenvalue weighted by Gasteiger charge is 2.69. The standard InChI is InChI=1S/C12H10BNO5/c15-10-6-8-7-11(16)19-13(8,18-10)12(17)14-9-4-2-1-3-5-9/h1-5H,6-7H2,(H,14,17). The second-order valence-electron chi connectivity index (χ2n) is 4.56. The molecule has 3 rings (SSSR count). The molecule has 0 saturated carbocycles. The number of benzene rings is 1. The van der Waals surface area contributed by atoms with E-state index >= 15 is 0 Å². The van der Waals surface area contributed by atoms with E-state index < -0.39 is 24.3 Å². The summed E-state index contributed by atoms with van der Waals surface area (Å²) >= 11 is 0. The fourth-order valence-corrected chi connectivity index (χ4v) is 2.40. The van der Waals surface area contributed by atoms with Gasteiger partial charge in [-0.1, -0.05) is 18.2 Å². The van der Waals surface area contributed by atoms with Gasteiger partial charge < -0.3 is 19.4 Å². The second kappa shape index (κ2) is 4.05. The molecular formula is C12H10BNO5. The van der Waals surface area contributed by atoms with Crippen molar-refractivity contribution in [2.45, 2.75) is 12.8 Å². The molecule has 2 fully saturated rings. The van der Waals surface area contributed by atoms with Crippen LogP contribution in [0.5, 0.6) is 0 Å². The van der Waals surface area contributed by atoms with Crippen LogP contribution in [0.15, 0.2) is 30.3 Å². The molecule has 0 unspecified atom stereocenters. The van der Waals surface area contributed by atoms with Gasteiger partial charge in [-0.2, -0.15) is 0 Å². The van der Waals surface area contributed by atoms with E-state index in [4.69, 9.17) is 9.31 Å². The Labute approximate surface area is 109 Å². The Morgan fingerprint density at radius 2 is 1.68 bits per heavy atom. The Hall–Kier alpha value is -2.44. The third-order valence-corrected chi connectivity index (χ3v) is 3.26. The number of hydrogen-bond acceptors (Lipinski definition) is 5. The van der Waals surface area contributed by atoms with Gasteiger partial charge in [-0.15, -0.1) is 0 Å². The minimum atomic E-state index is -2.62. The Kier molecular flexibility index (Phi) is 2.48. The van der Waals surface area contributed by atoms with Crippen LogP contribution in [0.25, 0.3) is 0 Å². The molecule has 19 heavy (non-hydrogen) atoms. The van der Waals surface area contributed by atoms with Crippen molar-refractivity contribution < 1.29 is 23.7 Å². The summed E-state index contributed by atoms with van der Waals surface area (Å²) in [5.74, 6) is -1.25. The van der Waals surface area contributed by atoms with Gasteiger partial charge in [0.05, 0.1) is 0 Å². The minimum Gasteiger partial charge on any atom is -0.607 e. The first-order valence-corrected chi connectivity index (χ1v) is 5.89. The molecule has 2 aliphatic rings. The summed E-state index contributed by atoms with van der Waals surface area (Å²) in [7, 11) is 0. The zero-order chi connectivity index (χ0) is 13.5. The number of carbonyl (C=O) groups excluding carboxylic acids is 3. The zero-order valence-electron chi connectivity index (χ0n) is 9.92. The van der Waals surface area contributed by atoms with E-state index in [0.29, 0.717) is 11.5 Å². The lowest BCUT2D eigenvalue weighted by Gasteiger charge is -2.23. The molecule has 0 spiro atoms. The van der Waals surface area contributed by atoms with Gasteiger partial charge in [0.15, 0.2) is 0 Å². The fourth-order valence-electron chi connectivity index (χ4n) is 2.40. The molecule has 2 saturated heterocycles. The normalized spacial score (nSPS) is 19.7. The van der Waals surface area contributed by atoms with Crippen LogP contribution in [-0.4, -0.2) is 24.3 Å². The van der Waals surface area contributed by atoms with Crippen molar-refractivity contribution in [1.82, 2.24) is 0 Å². The van der Waals surface area contributed by atoms with E-state index in [0.717, 1.165) is 0 Å². The summed E-state index contributed by atoms with van der Waals surface area (Å²) in [5.41, 5.74) is 0.550. The molecule has 1 amide bonds. The maximum atomic E-state index is 12.3. The van der Waals surface area contributed by atoms with Crippen molar-refractivity contribution in [2.24, 2.45) is 0 Å². The largest absolute Gasteiger partial charge is 0.643 e. The number of nitrogens with one attached hydrogen (secondary N) is 1. The third-order valence-electron chi connectivity index (χ3n) is 3.26. The zero-order valence-corrected chi connectivity index (χ0v) is 9.92. The van der Waals surface area contributed by atoms with E-state index in [1.807, 2.05) is 6.07 Å². The molecule has 0 aromatic heterocycles. The van der Waals surface area contributed by atoms with E-state index in [1.165, 1.54) is 0 Å². The van der Waals surface area contributed by atoms with Gasteiger partial charge in [0.1, 0.15) is 12.8 Å². The van der Waals surface area contributed by atoms with Crippen LogP contribution in [-0.2, 0) is 18.9 Å². The number of amides is 1. The van der Waals surface area contributed by atoms with Crippen molar-refractivity contribution in [3.05, 3.63) is 36.1 Å². The smallest absolute Gasteiger partial charge is 0.607 e. The van der Waals surface area contributed by atoms with E-state index in [2.05, 4.69) is 5.32 Å². The van der Waals surface area contributed by atoms with Crippen LogP contribution in [0.1, 0.15) is 12.8 Å². The number of fused-ring (bicyclic) bond motifs is 1. The molecule has 1 N–H and O–H groups in total. The van der Waals surface area contributed by atoms with Gasteiger partial charge in [-0.3, -0.25) is 9.59 Å². The third kappa shape index (κ3) is 1.83. The average molecular weight is 259 g/mol. The predicted octanol–water partition coefficient (Wildman–Crippen LogP) is 1.25. The topological polar surface area (TPSA) is 81.7 Å². The van der Waals surface area contributed by atoms with E-state index in [1.54, 1.807) is 24.3 Å². The van der Waals surface area contributed by atoms with Crippen LogP contribution >= 0.6 is 0 Å². The van der Waals surface area contributed by atoms with Crippen molar-refractivity contribution in [1.29, 1.82) is 0 Å². The maximum Gasteiger partial charge on any atom is 0.643 e. The molecule has 0 radical (unpaired) electrons. The lowest BCUT2D eigenvalue weighted by Crippen LogP contribution is -2.51. The van der Waals surface area contributed by atoms with Gasteiger partial charge in [0.2, 0.25) is 5.81 Å². The van der Waals surface area contributed by atoms with Gasteiger partial charge >= 0.3 is 18.5 Å². The Bertz CT molecular complexity index is 538. The Morgan fingerprint density at radius 3 is 2.26 bits per heavy atom. The van der Waals surface area contributed by atoms with Crippen molar-refractivity contribution >= 4 is 30.0 Å². The fraction of sp³-hybridized carbons (Fsp3) is 0.167. The van der Waals surface area contributed by atoms with Crippen LogP contribution in [0, 0.1) is 5.82 Å². The first-order chi connectivity index (χ1) is 9.10. The summed E-state index contributed by atoms with van der Waals surface area (Å²) in [5, 5.41) is 2.60. The molecule has 1 aromatic carbocycles. The molecule has 0 bridgehead atoms. The van der Waals surface area contributed by atoms with Gasteiger partial charge in [-0.05, 0) is 12.1 Å². The summed E-state index contributed by atoms with van der Waals surface area (Å²) in [6.07, 6.45) is -0.0676. The van der Waals surface area contributed by atoms with Crippen LogP contribution in [0.4, 0.5) is 10.5 Å². The van der Waals surface area contributed by atoms with E-state index in [9.17, 15) is 14.4 Å². The predicted molar refractivity (Wildman–Crippen MR) is 65.9 cm³/mol. The number of para-hydroxylation sites is 1. The molecular weight excluding hydrogens is 249 g/mol. The SMILES string of the molecule is O=C1C[C+]2CC(=O)O[B-]2(C(=O)Nc2ccccc2)O1. The van der Waals surface area contributed by atoms with Crippen molar-refractivity contribution in [2.75, 3.05) is 5.32 Å². The molecule has 2 heterocycles. The van der Waals surface area contributed by atoms with Crippen LogP contribution in [0.3, 0.4) is 0 Å². The van der Waals surface area contributed by atoms with Crippen LogP contribution < -0.4 is 5.32 Å². The first kappa shape index (κ1) is 11.6. The highest BCUT2D eigenvalue weighted by atomic mass is 16.7. The molecule has 0 atom stereocenters. The van der Waals surface area contributed by atoms with Crippen molar-refractivity contribution in [3.8, 4) is 0 Å². The Morgan fingerprint density at radius 1 is 1.11 bits per heavy atom. The maximum absolute atomic E-state index is 12.3. The summed E-state index contributed by atoms with van der Waals surface area (Å²) in [6, 6.07) is 8.70. The lowest BCUT2D eigenvalue weighted by atomic mass is 9.48. The molecule has 1 aromatic rings. The van der Waals surface area contributed by atoms with E-state index in [-0.39, 0.29) is 12.8 Å². The summed E-state index contributed by atoms with van der Waals surface area (Å²) < 4.78 is 10.0. The highest BCUT2D eigenvalue weighted by Crippen LogP contribution is 2.41. The summed E-state index contributed by atoms with van der Waals surface area (Å²) in [4.78, 5) is 34.9. The molecule has 6 nitrogen and oxygen atoms in total. The van der Waals surface area contributed by atoms with Gasteiger partial charge in [0, 0.05) is 11.5 Å². The Balaban J connectivity index is 1.85. The quantitative estimate of drug-likeness (QED) is 0.638. The summed E-state index contributed by atoms with van der Waals surface area (Å²) in [6.45, 7) is -2.62. The highest BCUT2D eigenvalue weighted by molar-refractivity contribution is 7.05. The average Bonchev–Trinajstić information content (AvgIpc) is 2.82. The first-order valence-electron chi connectivity index (χ1n) is 5.89.